The molecule has 0 aliphatic carbocycles. The number of hydrogen-bond donors (Lipinski definition) is 3. The lowest BCUT2D eigenvalue weighted by Crippen LogP contribution is -2.46. The third-order valence-electron chi connectivity index (χ3n) is 6.01. The highest BCUT2D eigenvalue weighted by atomic mass is 35.5. The maximum absolute atomic E-state index is 12.9. The fraction of sp³-hybridized carbons (Fsp3) is 0.320. The Balaban J connectivity index is 1.47. The van der Waals surface area contributed by atoms with Gasteiger partial charge in [-0.05, 0) is 69.1 Å². The number of nitrogens with one attached hydrogen (secondary N) is 3. The highest BCUT2D eigenvalue weighted by Gasteiger charge is 2.23. The van der Waals surface area contributed by atoms with Crippen LogP contribution in [0.3, 0.4) is 0 Å². The third-order valence-corrected chi connectivity index (χ3v) is 7.84. The number of aromatic nitrogens is 2. The number of rotatable bonds is 7. The van der Waals surface area contributed by atoms with E-state index in [1.54, 1.807) is 25.5 Å². The minimum absolute atomic E-state index is 0.00211. The van der Waals surface area contributed by atoms with Crippen LogP contribution >= 0.6 is 18.7 Å². The summed E-state index contributed by atoms with van der Waals surface area (Å²) in [6, 6.07) is 14.8. The fourth-order valence-corrected chi connectivity index (χ4v) is 5.34. The molecule has 1 atom stereocenters. The summed E-state index contributed by atoms with van der Waals surface area (Å²) in [6.07, 6.45) is 3.59. The molecule has 1 unspecified atom stereocenters. The molecule has 184 valence electrons. The number of carbonyl (C=O) groups excluding carboxylic acids is 1. The second kappa shape index (κ2) is 10.8. The van der Waals surface area contributed by atoms with Crippen LogP contribution in [-0.2, 0) is 4.57 Å². The second-order valence-corrected chi connectivity index (χ2v) is 12.6. The average Bonchev–Trinajstić information content (AvgIpc) is 2.86. The van der Waals surface area contributed by atoms with E-state index >= 15 is 0 Å². The maximum atomic E-state index is 12.9. The number of likely N-dealkylation sites (N-methyl/N-ethyl adjacent to an activating group) is 1. The topological polar surface area (TPSA) is 99.3 Å². The minimum atomic E-state index is -2.50. The monoisotopic (exact) mass is 512 g/mol. The van der Waals surface area contributed by atoms with Gasteiger partial charge in [0, 0.05) is 36.2 Å². The molecule has 1 aliphatic rings. The Kier molecular flexibility index (Phi) is 7.75. The van der Waals surface area contributed by atoms with Crippen molar-refractivity contribution in [1.82, 2.24) is 20.2 Å². The molecule has 4 rings (SSSR count). The van der Waals surface area contributed by atoms with Crippen molar-refractivity contribution in [1.29, 1.82) is 0 Å². The normalized spacial score (nSPS) is 15.9. The van der Waals surface area contributed by atoms with E-state index in [1.807, 2.05) is 48.3 Å². The number of amides is 1. The van der Waals surface area contributed by atoms with Crippen LogP contribution in [0.15, 0.2) is 54.7 Å². The lowest BCUT2D eigenvalue weighted by Gasteiger charge is -2.31. The molecule has 10 heteroatoms. The molecule has 2 heterocycles. The summed E-state index contributed by atoms with van der Waals surface area (Å²) in [4.78, 5) is 23.5. The zero-order valence-corrected chi connectivity index (χ0v) is 21.7. The first-order valence-electron chi connectivity index (χ1n) is 11.5. The first kappa shape index (κ1) is 25.2. The Labute approximate surface area is 210 Å². The molecule has 1 amide bonds. The van der Waals surface area contributed by atoms with Crippen LogP contribution in [0.1, 0.15) is 23.2 Å². The Morgan fingerprint density at radius 2 is 1.89 bits per heavy atom. The van der Waals surface area contributed by atoms with E-state index in [2.05, 4.69) is 25.9 Å². The van der Waals surface area contributed by atoms with Crippen molar-refractivity contribution in [3.8, 4) is 0 Å². The van der Waals surface area contributed by atoms with Crippen molar-refractivity contribution >= 4 is 53.1 Å². The molecule has 0 bridgehead atoms. The van der Waals surface area contributed by atoms with Crippen LogP contribution in [0.2, 0.25) is 5.02 Å². The largest absolute Gasteiger partial charge is 0.338 e. The Morgan fingerprint density at radius 3 is 2.57 bits per heavy atom. The van der Waals surface area contributed by atoms with Crippen molar-refractivity contribution in [2.24, 2.45) is 0 Å². The number of carbonyl (C=O) groups is 1. The lowest BCUT2D eigenvalue weighted by atomic mass is 10.1. The summed E-state index contributed by atoms with van der Waals surface area (Å²) >= 11 is 6.33. The number of piperidine rings is 1. The third kappa shape index (κ3) is 6.20. The number of hydrogen-bond acceptors (Lipinski definition) is 7. The minimum Gasteiger partial charge on any atom is -0.338 e. The number of benzene rings is 2. The summed E-state index contributed by atoms with van der Waals surface area (Å²) in [7, 11) is -0.645. The van der Waals surface area contributed by atoms with Crippen LogP contribution < -0.4 is 21.3 Å². The van der Waals surface area contributed by atoms with Gasteiger partial charge in [-0.1, -0.05) is 23.7 Å². The smallest absolute Gasteiger partial charge is 0.253 e. The molecular weight excluding hydrogens is 483 g/mol. The van der Waals surface area contributed by atoms with Crippen molar-refractivity contribution < 1.29 is 9.36 Å². The van der Waals surface area contributed by atoms with Gasteiger partial charge in [0.1, 0.15) is 12.2 Å². The second-order valence-electron chi connectivity index (χ2n) is 9.00. The first-order chi connectivity index (χ1) is 16.7. The number of nitrogens with zero attached hydrogens (tertiary/aromatic N) is 3. The van der Waals surface area contributed by atoms with E-state index in [9.17, 15) is 9.36 Å². The van der Waals surface area contributed by atoms with Crippen LogP contribution in [0.5, 0.6) is 0 Å². The van der Waals surface area contributed by atoms with Crippen LogP contribution in [0.4, 0.5) is 23.1 Å². The van der Waals surface area contributed by atoms with Gasteiger partial charge in [-0.25, -0.2) is 4.98 Å². The Morgan fingerprint density at radius 1 is 1.14 bits per heavy atom. The number of anilines is 4. The van der Waals surface area contributed by atoms with Gasteiger partial charge in [-0.3, -0.25) is 4.79 Å². The zero-order chi connectivity index (χ0) is 25.0. The predicted octanol–water partition coefficient (Wildman–Crippen LogP) is 4.69. The molecule has 35 heavy (non-hydrogen) atoms. The summed E-state index contributed by atoms with van der Waals surface area (Å²) in [5, 5.41) is 10.7. The molecule has 2 aromatic carbocycles. The van der Waals surface area contributed by atoms with E-state index in [4.69, 9.17) is 11.6 Å². The summed E-state index contributed by atoms with van der Waals surface area (Å²) in [5.41, 5.74) is 2.06. The molecule has 3 N–H and O–H groups in total. The van der Waals surface area contributed by atoms with Gasteiger partial charge >= 0.3 is 0 Å². The van der Waals surface area contributed by atoms with Gasteiger partial charge in [0.25, 0.3) is 5.91 Å². The molecule has 1 aromatic heterocycles. The van der Waals surface area contributed by atoms with E-state index < -0.39 is 7.14 Å². The highest BCUT2D eigenvalue weighted by molar-refractivity contribution is 7.70. The molecule has 8 nitrogen and oxygen atoms in total. The van der Waals surface area contributed by atoms with Crippen molar-refractivity contribution in [3.63, 3.8) is 0 Å². The van der Waals surface area contributed by atoms with Crippen LogP contribution in [0.25, 0.3) is 0 Å². The van der Waals surface area contributed by atoms with E-state index in [0.29, 0.717) is 28.0 Å². The van der Waals surface area contributed by atoms with Gasteiger partial charge in [0.2, 0.25) is 5.95 Å². The van der Waals surface area contributed by atoms with Crippen LogP contribution in [0, 0.1) is 0 Å². The van der Waals surface area contributed by atoms with Gasteiger partial charge in [0.15, 0.2) is 5.82 Å². The van der Waals surface area contributed by atoms with E-state index in [0.717, 1.165) is 36.9 Å². The van der Waals surface area contributed by atoms with Crippen molar-refractivity contribution in [2.45, 2.75) is 18.9 Å². The zero-order valence-electron chi connectivity index (χ0n) is 20.1. The molecule has 0 spiro atoms. The van der Waals surface area contributed by atoms with Crippen molar-refractivity contribution in [2.75, 3.05) is 44.1 Å². The standard InChI is InChI=1S/C25H30ClN6O2P/c1-32(19-7-6-14-27-15-19)24(33)17-10-12-18(13-11-17)29-25-28-16-20(26)23(31-25)30-21-8-4-5-9-22(21)35(2,3)34/h4-5,8-13,16,19,27H,6-7,14-15H2,1-3H3,(H2,28,29,30,31). The van der Waals surface area contributed by atoms with Gasteiger partial charge < -0.3 is 25.4 Å². The maximum Gasteiger partial charge on any atom is 0.253 e. The summed E-state index contributed by atoms with van der Waals surface area (Å²) in [5.74, 6) is 0.747. The predicted molar refractivity (Wildman–Crippen MR) is 144 cm³/mol. The quantitative estimate of drug-likeness (QED) is 0.395. The molecule has 0 radical (unpaired) electrons. The van der Waals surface area contributed by atoms with Crippen LogP contribution in [-0.4, -0.2) is 60.3 Å². The number of para-hydroxylation sites is 1. The van der Waals surface area contributed by atoms with Gasteiger partial charge in [0.05, 0.1) is 11.9 Å². The molecule has 1 aliphatic heterocycles. The summed E-state index contributed by atoms with van der Waals surface area (Å²) in [6.45, 7) is 5.28. The molecular formula is C25H30ClN6O2P. The Hall–Kier alpha value is -2.93. The average molecular weight is 513 g/mol. The van der Waals surface area contributed by atoms with Crippen molar-refractivity contribution in [3.05, 3.63) is 65.3 Å². The van der Waals surface area contributed by atoms with Gasteiger partial charge in [-0.2, -0.15) is 4.98 Å². The van der Waals surface area contributed by atoms with E-state index in [-0.39, 0.29) is 11.9 Å². The van der Waals surface area contributed by atoms with Gasteiger partial charge in [-0.15, -0.1) is 0 Å². The van der Waals surface area contributed by atoms with E-state index in [1.165, 1.54) is 6.20 Å². The lowest BCUT2D eigenvalue weighted by molar-refractivity contribution is 0.0708. The Bertz CT molecular complexity index is 1240. The summed E-state index contributed by atoms with van der Waals surface area (Å²) < 4.78 is 12.7. The molecule has 1 saturated heterocycles. The first-order valence-corrected chi connectivity index (χ1v) is 14.5. The number of halogens is 1. The molecule has 1 fully saturated rings. The molecule has 0 saturated carbocycles. The fourth-order valence-electron chi connectivity index (χ4n) is 4.05. The highest BCUT2D eigenvalue weighted by Crippen LogP contribution is 2.38. The molecule has 3 aromatic rings. The SMILES string of the molecule is CN(C(=O)c1ccc(Nc2ncc(Cl)c(Nc3ccccc3P(C)(C)=O)n2)cc1)C1CCCNC1.